The molecule has 0 aromatic carbocycles. The van der Waals surface area contributed by atoms with Crippen molar-refractivity contribution in [1.82, 2.24) is 4.90 Å². The lowest BCUT2D eigenvalue weighted by Gasteiger charge is -2.05. The molecule has 0 aromatic rings. The van der Waals surface area contributed by atoms with Crippen molar-refractivity contribution in [3.8, 4) is 0 Å². The van der Waals surface area contributed by atoms with Gasteiger partial charge in [0.15, 0.2) is 0 Å². The van der Waals surface area contributed by atoms with Gasteiger partial charge in [-0.15, -0.1) is 0 Å². The van der Waals surface area contributed by atoms with Gasteiger partial charge in [-0.1, -0.05) is 13.8 Å². The van der Waals surface area contributed by atoms with Crippen molar-refractivity contribution in [3.63, 3.8) is 0 Å². The maximum Gasteiger partial charge on any atom is 0.373 e. The molecule has 0 aliphatic carbocycles. The van der Waals surface area contributed by atoms with Crippen LogP contribution in [0.2, 0.25) is 0 Å². The minimum atomic E-state index is 0.250. The van der Waals surface area contributed by atoms with Gasteiger partial charge in [0.1, 0.15) is 0 Å². The molecule has 0 spiro atoms. The Morgan fingerprint density at radius 2 is 1.58 bits per heavy atom. The molecular weight excluding hydrogens is 174 g/mol. The Bertz CT molecular complexity index is 91.1. The first-order valence-corrected chi connectivity index (χ1v) is 5.21. The van der Waals surface area contributed by atoms with E-state index in [-0.39, 0.29) is 6.15 Å². The fourth-order valence-electron chi connectivity index (χ4n) is 0.274. The van der Waals surface area contributed by atoms with Crippen molar-refractivity contribution in [1.29, 1.82) is 0 Å². The van der Waals surface area contributed by atoms with E-state index in [0.717, 1.165) is 0 Å². The average molecular weight is 193 g/mol. The van der Waals surface area contributed by atoms with Gasteiger partial charge in [0.2, 0.25) is 0 Å². The minimum absolute atomic E-state index is 0.250. The van der Waals surface area contributed by atoms with Crippen LogP contribution in [0.5, 0.6) is 0 Å². The second-order valence-corrected chi connectivity index (χ2v) is 2.87. The molecule has 0 rings (SSSR count). The summed E-state index contributed by atoms with van der Waals surface area (Å²) in [5.74, 6) is 1.24. The van der Waals surface area contributed by atoms with E-state index in [2.05, 4.69) is 25.3 Å². The molecule has 0 heterocycles. The molecule has 0 aliphatic rings. The van der Waals surface area contributed by atoms with E-state index in [1.165, 1.54) is 12.3 Å². The Labute approximate surface area is 79.5 Å². The van der Waals surface area contributed by atoms with Gasteiger partial charge in [-0.3, -0.25) is 0 Å². The predicted octanol–water partition coefficient (Wildman–Crippen LogP) is 1.35. The Morgan fingerprint density at radius 1 is 1.25 bits per heavy atom. The van der Waals surface area contributed by atoms with E-state index >= 15 is 0 Å². The molecule has 0 saturated carbocycles. The van der Waals surface area contributed by atoms with E-state index in [0.29, 0.717) is 0 Å². The third kappa shape index (κ3) is 53.7. The van der Waals surface area contributed by atoms with Crippen LogP contribution in [0.15, 0.2) is 0 Å². The van der Waals surface area contributed by atoms with E-state index in [4.69, 9.17) is 9.59 Å². The lowest BCUT2D eigenvalue weighted by Crippen LogP contribution is -2.14. The molecule has 4 heteroatoms. The summed E-state index contributed by atoms with van der Waals surface area (Å²) in [5, 5.41) is 0. The van der Waals surface area contributed by atoms with Crippen LogP contribution in [0, 0.1) is 0 Å². The number of hydrogen-bond acceptors (Lipinski definition) is 4. The molecule has 0 aromatic heterocycles. The predicted molar refractivity (Wildman–Crippen MR) is 53.3 cm³/mol. The molecule has 12 heavy (non-hydrogen) atoms. The molecule has 0 amide bonds. The number of rotatable bonds is 3. The molecule has 0 fully saturated rings. The lowest BCUT2D eigenvalue weighted by molar-refractivity contribution is -0.191. The summed E-state index contributed by atoms with van der Waals surface area (Å²) >= 11 is 1.89. The molecule has 0 bridgehead atoms. The highest BCUT2D eigenvalue weighted by atomic mass is 32.2. The molecule has 74 valence electrons. The summed E-state index contributed by atoms with van der Waals surface area (Å²) in [4.78, 5) is 18.4. The first-order valence-electron chi connectivity index (χ1n) is 3.82. The van der Waals surface area contributed by atoms with Crippen molar-refractivity contribution in [2.24, 2.45) is 0 Å². The fraction of sp³-hybridized carbons (Fsp3) is 0.875. The Morgan fingerprint density at radius 3 is 1.67 bits per heavy atom. The highest BCUT2D eigenvalue weighted by Crippen LogP contribution is 1.89. The second-order valence-electron chi connectivity index (χ2n) is 1.88. The molecule has 0 saturated heterocycles. The van der Waals surface area contributed by atoms with E-state index in [9.17, 15) is 0 Å². The number of hydrogen-bond donors (Lipinski definition) is 0. The van der Waals surface area contributed by atoms with Gasteiger partial charge in [0, 0.05) is 12.3 Å². The van der Waals surface area contributed by atoms with E-state index in [1.807, 2.05) is 25.6 Å². The smallest absolute Gasteiger partial charge is 0.309 e. The largest absolute Gasteiger partial charge is 0.373 e. The van der Waals surface area contributed by atoms with Gasteiger partial charge >= 0.3 is 6.15 Å². The number of nitrogens with zero attached hydrogens (tertiary/aromatic N) is 1. The average Bonchev–Trinajstić information content (AvgIpc) is 2.06. The molecule has 0 unspecified atom stereocenters. The van der Waals surface area contributed by atoms with Crippen LogP contribution in [-0.2, 0) is 9.59 Å². The summed E-state index contributed by atoms with van der Waals surface area (Å²) in [6.07, 6.45) is 2.38. The van der Waals surface area contributed by atoms with Gasteiger partial charge in [0.25, 0.3) is 0 Å². The van der Waals surface area contributed by atoms with Crippen molar-refractivity contribution < 1.29 is 9.59 Å². The normalized spacial score (nSPS) is 7.17. The van der Waals surface area contributed by atoms with E-state index in [1.54, 1.807) is 0 Å². The summed E-state index contributed by atoms with van der Waals surface area (Å²) in [5.41, 5.74) is 0. The SMILES string of the molecule is CC.CSCCN(C)C.O=C=O. The zero-order valence-corrected chi connectivity index (χ0v) is 9.40. The monoisotopic (exact) mass is 193 g/mol. The third-order valence-electron chi connectivity index (χ3n) is 0.743. The van der Waals surface area contributed by atoms with Crippen molar-refractivity contribution in [2.75, 3.05) is 32.6 Å². The Hall–Kier alpha value is -0.310. The number of carbonyl (C=O) groups excluding carboxylic acids is 2. The topological polar surface area (TPSA) is 37.4 Å². The Balaban J connectivity index is -0.000000137. The zero-order chi connectivity index (χ0) is 10.4. The molecular formula is C8H19NO2S. The molecule has 0 atom stereocenters. The van der Waals surface area contributed by atoms with Gasteiger partial charge in [-0.05, 0) is 20.4 Å². The summed E-state index contributed by atoms with van der Waals surface area (Å²) in [7, 11) is 4.19. The standard InChI is InChI=1S/C5H13NS.C2H6.CO2/c1-6(2)4-5-7-3;1-2;2-1-3/h4-5H2,1-3H3;1-2H3;. The second kappa shape index (κ2) is 22.4. The van der Waals surface area contributed by atoms with Crippen LogP contribution in [0.3, 0.4) is 0 Å². The van der Waals surface area contributed by atoms with Gasteiger partial charge in [-0.2, -0.15) is 21.4 Å². The first kappa shape index (κ1) is 17.7. The lowest BCUT2D eigenvalue weighted by atomic mass is 10.7. The van der Waals surface area contributed by atoms with Crippen molar-refractivity contribution in [2.45, 2.75) is 13.8 Å². The zero-order valence-electron chi connectivity index (χ0n) is 8.59. The van der Waals surface area contributed by atoms with Crippen LogP contribution in [0.4, 0.5) is 0 Å². The van der Waals surface area contributed by atoms with Crippen molar-refractivity contribution in [3.05, 3.63) is 0 Å². The number of thioether (sulfide) groups is 1. The van der Waals surface area contributed by atoms with Crippen LogP contribution in [0.1, 0.15) is 13.8 Å². The summed E-state index contributed by atoms with van der Waals surface area (Å²) in [6.45, 7) is 5.20. The van der Waals surface area contributed by atoms with Gasteiger partial charge < -0.3 is 4.90 Å². The van der Waals surface area contributed by atoms with E-state index < -0.39 is 0 Å². The summed E-state index contributed by atoms with van der Waals surface area (Å²) in [6, 6.07) is 0. The first-order chi connectivity index (χ1) is 5.68. The maximum absolute atomic E-state index is 8.12. The molecule has 0 aliphatic heterocycles. The highest BCUT2D eigenvalue weighted by Gasteiger charge is 1.83. The van der Waals surface area contributed by atoms with Crippen LogP contribution in [-0.4, -0.2) is 43.7 Å². The Kier molecular flexibility index (Phi) is 33.1. The molecule has 3 nitrogen and oxygen atoms in total. The van der Waals surface area contributed by atoms with Gasteiger partial charge in [0.05, 0.1) is 0 Å². The minimum Gasteiger partial charge on any atom is -0.309 e. The van der Waals surface area contributed by atoms with Crippen LogP contribution >= 0.6 is 11.8 Å². The third-order valence-corrected chi connectivity index (χ3v) is 1.33. The van der Waals surface area contributed by atoms with Crippen LogP contribution < -0.4 is 0 Å². The molecule has 0 radical (unpaired) electrons. The molecule has 0 N–H and O–H groups in total. The van der Waals surface area contributed by atoms with Crippen molar-refractivity contribution >= 4 is 17.9 Å². The highest BCUT2D eigenvalue weighted by molar-refractivity contribution is 7.98. The maximum atomic E-state index is 8.12. The fourth-order valence-corrected chi connectivity index (χ4v) is 0.822. The summed E-state index contributed by atoms with van der Waals surface area (Å²) < 4.78 is 0. The van der Waals surface area contributed by atoms with Gasteiger partial charge in [-0.25, -0.2) is 0 Å². The van der Waals surface area contributed by atoms with Crippen LogP contribution in [0.25, 0.3) is 0 Å². The quantitative estimate of drug-likeness (QED) is 0.678.